The molecule has 0 rings (SSSR count). The summed E-state index contributed by atoms with van der Waals surface area (Å²) in [6, 6.07) is 0. The molecule has 0 saturated carbocycles. The van der Waals surface area contributed by atoms with Gasteiger partial charge in [0, 0.05) is 0 Å². The molecule has 0 aliphatic heterocycles. The van der Waals surface area contributed by atoms with Crippen molar-refractivity contribution in [3.8, 4) is 0 Å². The summed E-state index contributed by atoms with van der Waals surface area (Å²) >= 11 is -1.57. The van der Waals surface area contributed by atoms with Gasteiger partial charge < -0.3 is 0 Å². The molecule has 0 fully saturated rings. The van der Waals surface area contributed by atoms with Crippen molar-refractivity contribution in [2.24, 2.45) is 0 Å². The molecule has 0 aliphatic rings. The fraction of sp³-hybridized carbons (Fsp3) is 0.778. The van der Waals surface area contributed by atoms with Gasteiger partial charge in [0.2, 0.25) is 0 Å². The van der Waals surface area contributed by atoms with Gasteiger partial charge in [-0.25, -0.2) is 0 Å². The maximum absolute atomic E-state index is 2.48. The summed E-state index contributed by atoms with van der Waals surface area (Å²) in [7, 11) is 0. The first-order valence-corrected chi connectivity index (χ1v) is 14.2. The van der Waals surface area contributed by atoms with Crippen LogP contribution in [0.15, 0.2) is 11.6 Å². The van der Waals surface area contributed by atoms with E-state index in [2.05, 4.69) is 41.7 Å². The Bertz CT molecular complexity index is 124. The van der Waals surface area contributed by atoms with Crippen molar-refractivity contribution in [1.29, 1.82) is 0 Å². The van der Waals surface area contributed by atoms with Gasteiger partial charge in [0.05, 0.1) is 0 Å². The van der Waals surface area contributed by atoms with Crippen molar-refractivity contribution in [3.63, 3.8) is 0 Å². The van der Waals surface area contributed by atoms with Gasteiger partial charge in [0.15, 0.2) is 0 Å². The summed E-state index contributed by atoms with van der Waals surface area (Å²) in [6.45, 7) is 6.74. The van der Waals surface area contributed by atoms with E-state index in [1.807, 2.05) is 0 Å². The molecule has 0 N–H and O–H groups in total. The molecule has 0 aromatic heterocycles. The molecule has 0 saturated heterocycles. The van der Waals surface area contributed by atoms with Crippen LogP contribution in [-0.2, 0) is 0 Å². The van der Waals surface area contributed by atoms with Gasteiger partial charge in [-0.05, 0) is 0 Å². The van der Waals surface area contributed by atoms with E-state index in [0.717, 1.165) is 3.93 Å². The maximum atomic E-state index is 2.48. The van der Waals surface area contributed by atoms with Crippen LogP contribution in [-0.4, -0.2) is 18.4 Å². The normalized spacial score (nSPS) is 14.6. The van der Waals surface area contributed by atoms with Gasteiger partial charge in [-0.15, -0.1) is 0 Å². The summed E-state index contributed by atoms with van der Waals surface area (Å²) in [5, 5.41) is 0. The molecule has 1 heteroatoms. The summed E-state index contributed by atoms with van der Waals surface area (Å²) in [5.74, 6) is 0. The molecule has 0 bridgehead atoms. The van der Waals surface area contributed by atoms with Gasteiger partial charge in [-0.1, -0.05) is 0 Å². The van der Waals surface area contributed by atoms with E-state index in [4.69, 9.17) is 0 Å². The molecule has 10 heavy (non-hydrogen) atoms. The SMILES string of the molecule is CC(C)=C[CH](C)[Sn]([CH3])([CH3])[CH3]. The molecule has 0 spiro atoms. The predicted molar refractivity (Wildman–Crippen MR) is 52.2 cm³/mol. The zero-order chi connectivity index (χ0) is 8.36. The van der Waals surface area contributed by atoms with Crippen molar-refractivity contribution in [2.75, 3.05) is 0 Å². The molecule has 0 aliphatic carbocycles. The first-order valence-electron chi connectivity index (χ1n) is 3.99. The van der Waals surface area contributed by atoms with Crippen LogP contribution in [0, 0.1) is 0 Å². The van der Waals surface area contributed by atoms with E-state index in [0.29, 0.717) is 0 Å². The first kappa shape index (κ1) is 10.5. The topological polar surface area (TPSA) is 0 Å². The average Bonchev–Trinajstić information content (AvgIpc) is 1.60. The average molecular weight is 247 g/mol. The number of hydrogen-bond acceptors (Lipinski definition) is 0. The van der Waals surface area contributed by atoms with Crippen LogP contribution in [0.1, 0.15) is 20.8 Å². The van der Waals surface area contributed by atoms with Crippen LogP contribution in [0.4, 0.5) is 0 Å². The molecule has 0 aromatic rings. The van der Waals surface area contributed by atoms with Gasteiger partial charge >= 0.3 is 69.6 Å². The summed E-state index contributed by atoms with van der Waals surface area (Å²) in [6.07, 6.45) is 2.43. The molecular weight excluding hydrogens is 227 g/mol. The number of rotatable bonds is 2. The van der Waals surface area contributed by atoms with Gasteiger partial charge in [-0.2, -0.15) is 0 Å². The van der Waals surface area contributed by atoms with E-state index in [1.165, 1.54) is 5.57 Å². The molecule has 0 amide bonds. The van der Waals surface area contributed by atoms with E-state index in [-0.39, 0.29) is 0 Å². The second-order valence-corrected chi connectivity index (χ2v) is 20.5. The van der Waals surface area contributed by atoms with Crippen LogP contribution in [0.25, 0.3) is 0 Å². The molecule has 0 heterocycles. The molecule has 0 radical (unpaired) electrons. The van der Waals surface area contributed by atoms with E-state index >= 15 is 0 Å². The Morgan fingerprint density at radius 2 is 1.60 bits per heavy atom. The third-order valence-electron chi connectivity index (χ3n) is 1.95. The Balaban J connectivity index is 4.11. The molecule has 60 valence electrons. The van der Waals surface area contributed by atoms with E-state index in [9.17, 15) is 0 Å². The monoisotopic (exact) mass is 248 g/mol. The van der Waals surface area contributed by atoms with Crippen LogP contribution in [0.2, 0.25) is 18.8 Å². The quantitative estimate of drug-likeness (QED) is 0.515. The minimum absolute atomic E-state index is 0.888. The molecule has 0 aromatic carbocycles. The zero-order valence-electron chi connectivity index (χ0n) is 8.15. The second kappa shape index (κ2) is 3.79. The van der Waals surface area contributed by atoms with Gasteiger partial charge in [-0.3, -0.25) is 0 Å². The van der Waals surface area contributed by atoms with Crippen molar-refractivity contribution < 1.29 is 0 Å². The van der Waals surface area contributed by atoms with Crippen LogP contribution < -0.4 is 0 Å². The van der Waals surface area contributed by atoms with Crippen LogP contribution >= 0.6 is 0 Å². The summed E-state index contributed by atoms with van der Waals surface area (Å²) < 4.78 is 0.888. The van der Waals surface area contributed by atoms with Crippen LogP contribution in [0.5, 0.6) is 0 Å². The third-order valence-corrected chi connectivity index (χ3v) is 10.2. The second-order valence-electron chi connectivity index (χ2n) is 4.40. The first-order chi connectivity index (χ1) is 4.34. The van der Waals surface area contributed by atoms with Crippen molar-refractivity contribution in [1.82, 2.24) is 0 Å². The van der Waals surface area contributed by atoms with Crippen LogP contribution in [0.3, 0.4) is 0 Å². The summed E-state index contributed by atoms with van der Waals surface area (Å²) in [5.41, 5.74) is 1.47. The Hall–Kier alpha value is 0.539. The molecule has 0 nitrogen and oxygen atoms in total. The molecular formula is C9H20Sn. The Labute approximate surface area is 69.6 Å². The van der Waals surface area contributed by atoms with Crippen molar-refractivity contribution >= 4 is 18.4 Å². The molecule has 1 atom stereocenters. The minimum atomic E-state index is -1.57. The third kappa shape index (κ3) is 4.37. The Morgan fingerprint density at radius 1 is 1.20 bits per heavy atom. The van der Waals surface area contributed by atoms with Gasteiger partial charge in [0.25, 0.3) is 0 Å². The Morgan fingerprint density at radius 3 is 1.70 bits per heavy atom. The number of allylic oxidation sites excluding steroid dienone is 2. The van der Waals surface area contributed by atoms with Gasteiger partial charge in [0.1, 0.15) is 0 Å². The zero-order valence-corrected chi connectivity index (χ0v) is 11.0. The van der Waals surface area contributed by atoms with E-state index < -0.39 is 18.4 Å². The van der Waals surface area contributed by atoms with E-state index in [1.54, 1.807) is 0 Å². The Kier molecular flexibility index (Phi) is 4.00. The number of hydrogen-bond donors (Lipinski definition) is 0. The predicted octanol–water partition coefficient (Wildman–Crippen LogP) is 3.68. The fourth-order valence-electron chi connectivity index (χ4n) is 0.750. The van der Waals surface area contributed by atoms with Crippen molar-refractivity contribution in [3.05, 3.63) is 11.6 Å². The molecule has 1 unspecified atom stereocenters. The fourth-order valence-corrected chi connectivity index (χ4v) is 3.13. The van der Waals surface area contributed by atoms with Crippen molar-refractivity contribution in [2.45, 2.75) is 39.5 Å². The standard InChI is InChI=1S/C6H11.3CH3.Sn/c1-4-5-6(2)3;;;;/h4-5H,1-3H3;3*1H3;. The summed E-state index contributed by atoms with van der Waals surface area (Å²) in [4.78, 5) is 7.45.